The normalized spacial score (nSPS) is 16.2. The molecule has 1 N–H and O–H groups in total. The number of aromatic nitrogens is 3. The Balaban J connectivity index is 1.38. The van der Waals surface area contributed by atoms with E-state index in [1.165, 1.54) is 16.7 Å². The van der Waals surface area contributed by atoms with E-state index in [1.807, 2.05) is 24.6 Å². The molecular weight excluding hydrogens is 424 g/mol. The monoisotopic (exact) mass is 454 g/mol. The number of carbonyl (C=O) groups excluding carboxylic acids is 1. The van der Waals surface area contributed by atoms with Crippen LogP contribution in [0.15, 0.2) is 59.1 Å². The number of hydrogen-bond donors (Lipinski definition) is 1. The number of rotatable bonds is 5. The molecular formula is C28H30N4O2. The molecule has 0 spiro atoms. The second-order valence-corrected chi connectivity index (χ2v) is 9.31. The molecule has 34 heavy (non-hydrogen) atoms. The summed E-state index contributed by atoms with van der Waals surface area (Å²) in [6.07, 6.45) is 2.54. The van der Waals surface area contributed by atoms with Gasteiger partial charge in [0.1, 0.15) is 5.76 Å². The van der Waals surface area contributed by atoms with Crippen LogP contribution in [0.3, 0.4) is 0 Å². The van der Waals surface area contributed by atoms with Gasteiger partial charge in [-0.25, -0.2) is 0 Å². The van der Waals surface area contributed by atoms with E-state index in [0.717, 1.165) is 47.7 Å². The van der Waals surface area contributed by atoms with Crippen LogP contribution in [0.2, 0.25) is 0 Å². The molecule has 174 valence electrons. The van der Waals surface area contributed by atoms with Crippen LogP contribution in [0, 0.1) is 20.8 Å². The van der Waals surface area contributed by atoms with E-state index >= 15 is 0 Å². The Kier molecular flexibility index (Phi) is 5.82. The molecule has 2 aromatic carbocycles. The summed E-state index contributed by atoms with van der Waals surface area (Å²) in [6.45, 7) is 8.11. The van der Waals surface area contributed by atoms with Gasteiger partial charge in [-0.3, -0.25) is 9.48 Å². The van der Waals surface area contributed by atoms with Crippen molar-refractivity contribution in [1.29, 1.82) is 0 Å². The van der Waals surface area contributed by atoms with Crippen molar-refractivity contribution in [2.45, 2.75) is 58.9 Å². The lowest BCUT2D eigenvalue weighted by Crippen LogP contribution is -2.19. The number of aryl methyl sites for hydroxylation is 3. The van der Waals surface area contributed by atoms with Crippen molar-refractivity contribution in [3.05, 3.63) is 99.7 Å². The van der Waals surface area contributed by atoms with E-state index in [1.54, 1.807) is 0 Å². The van der Waals surface area contributed by atoms with Crippen LogP contribution in [0.4, 0.5) is 5.69 Å². The van der Waals surface area contributed by atoms with Gasteiger partial charge in [-0.2, -0.15) is 5.10 Å². The van der Waals surface area contributed by atoms with Crippen molar-refractivity contribution in [3.63, 3.8) is 0 Å². The van der Waals surface area contributed by atoms with Gasteiger partial charge >= 0.3 is 0 Å². The average Bonchev–Trinajstić information content (AvgIpc) is 3.40. The molecule has 5 rings (SSSR count). The molecule has 1 aliphatic rings. The third-order valence-electron chi connectivity index (χ3n) is 7.02. The first-order valence-electron chi connectivity index (χ1n) is 11.9. The van der Waals surface area contributed by atoms with Crippen molar-refractivity contribution in [3.8, 4) is 0 Å². The lowest BCUT2D eigenvalue weighted by Gasteiger charge is -2.21. The first-order chi connectivity index (χ1) is 16.4. The van der Waals surface area contributed by atoms with Crippen molar-refractivity contribution >= 4 is 11.6 Å². The van der Waals surface area contributed by atoms with Crippen LogP contribution in [-0.2, 0) is 12.8 Å². The van der Waals surface area contributed by atoms with Gasteiger partial charge in [0.15, 0.2) is 5.69 Å². The molecule has 2 atom stereocenters. The highest BCUT2D eigenvalue weighted by Crippen LogP contribution is 2.35. The molecule has 4 aromatic rings. The third kappa shape index (κ3) is 4.04. The summed E-state index contributed by atoms with van der Waals surface area (Å²) < 4.78 is 7.54. The molecule has 2 aromatic heterocycles. The molecule has 0 saturated heterocycles. The Morgan fingerprint density at radius 1 is 1.09 bits per heavy atom. The molecule has 0 saturated carbocycles. The minimum atomic E-state index is -0.243. The van der Waals surface area contributed by atoms with Crippen molar-refractivity contribution in [2.75, 3.05) is 5.32 Å². The second-order valence-electron chi connectivity index (χ2n) is 9.31. The molecule has 6 nitrogen and oxygen atoms in total. The maximum Gasteiger partial charge on any atom is 0.278 e. The standard InChI is InChI=1S/C28H30N4O2/c1-17-10-12-21(13-11-17)19(3)32-20(4)26(18(2)30-32)29-28(33)27-24-16-23(14-15-25(24)34-31-27)22-8-6-5-7-9-22/h5-13,19,23H,14-16H2,1-4H3,(H,29,33). The number of amides is 1. The number of fused-ring (bicyclic) bond motifs is 1. The van der Waals surface area contributed by atoms with E-state index in [-0.39, 0.29) is 11.9 Å². The summed E-state index contributed by atoms with van der Waals surface area (Å²) >= 11 is 0. The van der Waals surface area contributed by atoms with Crippen LogP contribution >= 0.6 is 0 Å². The van der Waals surface area contributed by atoms with Gasteiger partial charge in [-0.1, -0.05) is 65.3 Å². The number of anilines is 1. The Labute approximate surface area is 200 Å². The molecule has 0 bridgehead atoms. The van der Waals surface area contributed by atoms with Crippen LogP contribution < -0.4 is 5.32 Å². The lowest BCUT2D eigenvalue weighted by molar-refractivity contribution is 0.101. The summed E-state index contributed by atoms with van der Waals surface area (Å²) in [4.78, 5) is 13.3. The van der Waals surface area contributed by atoms with Gasteiger partial charge in [0.2, 0.25) is 0 Å². The van der Waals surface area contributed by atoms with Gasteiger partial charge in [0, 0.05) is 12.0 Å². The quantitative estimate of drug-likeness (QED) is 0.406. The second kappa shape index (κ2) is 8.93. The molecule has 0 fully saturated rings. The minimum absolute atomic E-state index is 0.0522. The fourth-order valence-electron chi connectivity index (χ4n) is 4.97. The molecule has 1 aliphatic carbocycles. The largest absolute Gasteiger partial charge is 0.360 e. The van der Waals surface area contributed by atoms with Crippen LogP contribution in [-0.4, -0.2) is 20.8 Å². The number of nitrogens with zero attached hydrogens (tertiary/aromatic N) is 3. The summed E-state index contributed by atoms with van der Waals surface area (Å²) in [5.41, 5.74) is 7.43. The highest BCUT2D eigenvalue weighted by molar-refractivity contribution is 6.04. The maximum absolute atomic E-state index is 13.3. The molecule has 0 radical (unpaired) electrons. The van der Waals surface area contributed by atoms with Gasteiger partial charge in [-0.05, 0) is 57.6 Å². The lowest BCUT2D eigenvalue weighted by atomic mass is 9.82. The zero-order valence-corrected chi connectivity index (χ0v) is 20.1. The zero-order valence-electron chi connectivity index (χ0n) is 20.1. The third-order valence-corrected chi connectivity index (χ3v) is 7.02. The van der Waals surface area contributed by atoms with E-state index in [2.05, 4.69) is 72.9 Å². The van der Waals surface area contributed by atoms with Gasteiger partial charge < -0.3 is 9.84 Å². The Morgan fingerprint density at radius 2 is 1.82 bits per heavy atom. The summed E-state index contributed by atoms with van der Waals surface area (Å²) in [5, 5.41) is 12.0. The van der Waals surface area contributed by atoms with E-state index in [9.17, 15) is 4.79 Å². The number of nitrogens with one attached hydrogen (secondary N) is 1. The summed E-state index contributed by atoms with van der Waals surface area (Å²) in [7, 11) is 0. The predicted molar refractivity (Wildman–Crippen MR) is 132 cm³/mol. The number of benzene rings is 2. The van der Waals surface area contributed by atoms with Gasteiger partial charge in [0.25, 0.3) is 5.91 Å². The highest BCUT2D eigenvalue weighted by atomic mass is 16.5. The first kappa shape index (κ1) is 22.1. The fraction of sp³-hybridized carbons (Fsp3) is 0.321. The number of carbonyl (C=O) groups is 1. The van der Waals surface area contributed by atoms with Crippen molar-refractivity contribution in [2.24, 2.45) is 0 Å². The smallest absolute Gasteiger partial charge is 0.278 e. The SMILES string of the molecule is Cc1ccc(C(C)n2nc(C)c(NC(=O)c3noc4c3CC(c3ccccc3)CC4)c2C)cc1. The summed E-state index contributed by atoms with van der Waals surface area (Å²) in [5.74, 6) is 0.947. The van der Waals surface area contributed by atoms with E-state index in [0.29, 0.717) is 11.6 Å². The van der Waals surface area contributed by atoms with Crippen molar-refractivity contribution < 1.29 is 9.32 Å². The fourth-order valence-corrected chi connectivity index (χ4v) is 4.97. The number of hydrogen-bond acceptors (Lipinski definition) is 4. The summed E-state index contributed by atoms with van der Waals surface area (Å²) in [6, 6.07) is 19.0. The zero-order chi connectivity index (χ0) is 23.8. The highest BCUT2D eigenvalue weighted by Gasteiger charge is 2.30. The predicted octanol–water partition coefficient (Wildman–Crippen LogP) is 5.93. The van der Waals surface area contributed by atoms with E-state index in [4.69, 9.17) is 9.62 Å². The van der Waals surface area contributed by atoms with Gasteiger partial charge in [-0.15, -0.1) is 0 Å². The van der Waals surface area contributed by atoms with Crippen LogP contribution in [0.25, 0.3) is 0 Å². The Morgan fingerprint density at radius 3 is 2.56 bits per heavy atom. The molecule has 1 amide bonds. The Bertz CT molecular complexity index is 1320. The molecule has 6 heteroatoms. The maximum atomic E-state index is 13.3. The van der Waals surface area contributed by atoms with Crippen LogP contribution in [0.1, 0.15) is 75.2 Å². The molecule has 0 aliphatic heterocycles. The molecule has 2 heterocycles. The molecule has 2 unspecified atom stereocenters. The minimum Gasteiger partial charge on any atom is -0.360 e. The Hall–Kier alpha value is -3.67. The topological polar surface area (TPSA) is 73.0 Å². The first-order valence-corrected chi connectivity index (χ1v) is 11.9. The van der Waals surface area contributed by atoms with E-state index < -0.39 is 0 Å². The van der Waals surface area contributed by atoms with Crippen LogP contribution in [0.5, 0.6) is 0 Å². The average molecular weight is 455 g/mol. The van der Waals surface area contributed by atoms with Gasteiger partial charge in [0.05, 0.1) is 23.1 Å². The van der Waals surface area contributed by atoms with Crippen molar-refractivity contribution in [1.82, 2.24) is 14.9 Å².